The first-order valence-electron chi connectivity index (χ1n) is 7.27. The van der Waals surface area contributed by atoms with Crippen molar-refractivity contribution >= 4 is 27.7 Å². The number of carbonyl (C=O) groups excluding carboxylic acids is 2. The van der Waals surface area contributed by atoms with Gasteiger partial charge in [0.1, 0.15) is 0 Å². The number of hydrogen-bond acceptors (Lipinski definition) is 4. The Bertz CT molecular complexity index is 501. The third-order valence-corrected chi connectivity index (χ3v) is 3.80. The van der Waals surface area contributed by atoms with E-state index in [0.717, 1.165) is 11.0 Å². The normalized spacial score (nSPS) is 17.8. The van der Waals surface area contributed by atoms with Crippen LogP contribution in [-0.2, 0) is 9.53 Å². The fourth-order valence-electron chi connectivity index (χ4n) is 2.13. The van der Waals surface area contributed by atoms with Gasteiger partial charge in [-0.05, 0) is 24.3 Å². The van der Waals surface area contributed by atoms with Gasteiger partial charge in [0, 0.05) is 42.1 Å². The van der Waals surface area contributed by atoms with Crippen molar-refractivity contribution in [3.05, 3.63) is 34.3 Å². The Morgan fingerprint density at radius 3 is 2.64 bits per heavy atom. The van der Waals surface area contributed by atoms with Gasteiger partial charge in [-0.2, -0.15) is 0 Å². The number of halogens is 1. The van der Waals surface area contributed by atoms with E-state index in [-0.39, 0.29) is 17.9 Å². The number of rotatable bonds is 6. The molecular weight excluding hydrogens is 350 g/mol. The first kappa shape index (κ1) is 16.9. The molecular formula is C15H20BrN3O3. The maximum atomic E-state index is 11.9. The molecule has 1 fully saturated rings. The van der Waals surface area contributed by atoms with Crippen molar-refractivity contribution in [3.8, 4) is 0 Å². The lowest BCUT2D eigenvalue weighted by atomic mass is 10.2. The Balaban J connectivity index is 1.61. The van der Waals surface area contributed by atoms with Gasteiger partial charge in [-0.15, -0.1) is 0 Å². The average Bonchev–Trinajstić information content (AvgIpc) is 2.53. The van der Waals surface area contributed by atoms with Gasteiger partial charge in [-0.3, -0.25) is 9.59 Å². The van der Waals surface area contributed by atoms with E-state index in [1.54, 1.807) is 12.1 Å². The van der Waals surface area contributed by atoms with Crippen LogP contribution in [0.1, 0.15) is 16.8 Å². The van der Waals surface area contributed by atoms with Gasteiger partial charge in [0.05, 0.1) is 13.2 Å². The van der Waals surface area contributed by atoms with E-state index >= 15 is 0 Å². The van der Waals surface area contributed by atoms with E-state index < -0.39 is 0 Å². The second kappa shape index (κ2) is 8.87. The van der Waals surface area contributed by atoms with E-state index in [4.69, 9.17) is 4.74 Å². The van der Waals surface area contributed by atoms with Gasteiger partial charge in [0.15, 0.2) is 0 Å². The zero-order valence-corrected chi connectivity index (χ0v) is 13.8. The molecule has 1 aliphatic rings. The first-order chi connectivity index (χ1) is 10.6. The summed E-state index contributed by atoms with van der Waals surface area (Å²) in [7, 11) is 0. The Labute approximate surface area is 138 Å². The summed E-state index contributed by atoms with van der Waals surface area (Å²) in [4.78, 5) is 23.6. The minimum atomic E-state index is -0.149. The number of ether oxygens (including phenoxy) is 1. The lowest BCUT2D eigenvalue weighted by molar-refractivity contribution is -0.122. The van der Waals surface area contributed by atoms with Crippen LogP contribution in [0.2, 0.25) is 0 Å². The maximum Gasteiger partial charge on any atom is 0.251 e. The molecule has 1 unspecified atom stereocenters. The van der Waals surface area contributed by atoms with Crippen molar-refractivity contribution in [2.45, 2.75) is 12.5 Å². The SMILES string of the molecule is O=C(CC1COCCN1)NCCNC(=O)c1ccc(Br)cc1. The Hall–Kier alpha value is -1.44. The second-order valence-electron chi connectivity index (χ2n) is 5.04. The highest BCUT2D eigenvalue weighted by atomic mass is 79.9. The van der Waals surface area contributed by atoms with E-state index in [2.05, 4.69) is 31.9 Å². The summed E-state index contributed by atoms with van der Waals surface area (Å²) in [5, 5.41) is 8.78. The molecule has 2 amide bonds. The molecule has 1 aromatic rings. The number of hydrogen-bond donors (Lipinski definition) is 3. The summed E-state index contributed by atoms with van der Waals surface area (Å²) in [6.45, 7) is 2.85. The number of morpholine rings is 1. The molecule has 0 aliphatic carbocycles. The molecule has 0 bridgehead atoms. The van der Waals surface area contributed by atoms with Crippen molar-refractivity contribution < 1.29 is 14.3 Å². The highest BCUT2D eigenvalue weighted by molar-refractivity contribution is 9.10. The largest absolute Gasteiger partial charge is 0.378 e. The van der Waals surface area contributed by atoms with Crippen molar-refractivity contribution in [2.24, 2.45) is 0 Å². The summed E-state index contributed by atoms with van der Waals surface area (Å²) >= 11 is 3.32. The van der Waals surface area contributed by atoms with Crippen LogP contribution in [0.4, 0.5) is 0 Å². The van der Waals surface area contributed by atoms with Crippen molar-refractivity contribution in [3.63, 3.8) is 0 Å². The van der Waals surface area contributed by atoms with E-state index in [9.17, 15) is 9.59 Å². The van der Waals surface area contributed by atoms with Gasteiger partial charge >= 0.3 is 0 Å². The molecule has 1 heterocycles. The Morgan fingerprint density at radius 2 is 1.95 bits per heavy atom. The fourth-order valence-corrected chi connectivity index (χ4v) is 2.39. The Kier molecular flexibility index (Phi) is 6.82. The smallest absolute Gasteiger partial charge is 0.251 e. The third-order valence-electron chi connectivity index (χ3n) is 3.27. The molecule has 1 saturated heterocycles. The van der Waals surface area contributed by atoms with Gasteiger partial charge in [0.2, 0.25) is 5.91 Å². The predicted octanol–water partition coefficient (Wildman–Crippen LogP) is 0.674. The van der Waals surface area contributed by atoms with E-state index in [1.807, 2.05) is 12.1 Å². The molecule has 0 radical (unpaired) electrons. The van der Waals surface area contributed by atoms with Crippen molar-refractivity contribution in [1.29, 1.82) is 0 Å². The van der Waals surface area contributed by atoms with Gasteiger partial charge < -0.3 is 20.7 Å². The molecule has 22 heavy (non-hydrogen) atoms. The van der Waals surface area contributed by atoms with Crippen molar-refractivity contribution in [2.75, 3.05) is 32.8 Å². The summed E-state index contributed by atoms with van der Waals surface area (Å²) < 4.78 is 6.22. The zero-order valence-electron chi connectivity index (χ0n) is 12.2. The topological polar surface area (TPSA) is 79.5 Å². The van der Waals surface area contributed by atoms with Crippen LogP contribution >= 0.6 is 15.9 Å². The first-order valence-corrected chi connectivity index (χ1v) is 8.06. The number of benzene rings is 1. The quantitative estimate of drug-likeness (QED) is 0.644. The molecule has 0 aromatic heterocycles. The summed E-state index contributed by atoms with van der Waals surface area (Å²) in [6.07, 6.45) is 0.390. The Morgan fingerprint density at radius 1 is 1.23 bits per heavy atom. The van der Waals surface area contributed by atoms with E-state index in [0.29, 0.717) is 38.3 Å². The van der Waals surface area contributed by atoms with Gasteiger partial charge in [-0.25, -0.2) is 0 Å². The van der Waals surface area contributed by atoms with Crippen LogP contribution in [0.25, 0.3) is 0 Å². The summed E-state index contributed by atoms with van der Waals surface area (Å²) in [5.74, 6) is -0.190. The number of amides is 2. The van der Waals surface area contributed by atoms with Crippen LogP contribution in [0, 0.1) is 0 Å². The van der Waals surface area contributed by atoms with Gasteiger partial charge in [-0.1, -0.05) is 15.9 Å². The van der Waals surface area contributed by atoms with E-state index in [1.165, 1.54) is 0 Å². The van der Waals surface area contributed by atoms with Crippen LogP contribution < -0.4 is 16.0 Å². The van der Waals surface area contributed by atoms with Crippen LogP contribution in [0.5, 0.6) is 0 Å². The highest BCUT2D eigenvalue weighted by Gasteiger charge is 2.16. The monoisotopic (exact) mass is 369 g/mol. The number of nitrogens with one attached hydrogen (secondary N) is 3. The summed E-state index contributed by atoms with van der Waals surface area (Å²) in [5.41, 5.74) is 0.595. The maximum absolute atomic E-state index is 11.9. The van der Waals surface area contributed by atoms with Crippen molar-refractivity contribution in [1.82, 2.24) is 16.0 Å². The second-order valence-corrected chi connectivity index (χ2v) is 5.96. The molecule has 1 atom stereocenters. The molecule has 7 heteroatoms. The zero-order chi connectivity index (χ0) is 15.8. The third kappa shape index (κ3) is 5.75. The molecule has 0 saturated carbocycles. The van der Waals surface area contributed by atoms with Crippen LogP contribution in [0.3, 0.4) is 0 Å². The number of carbonyl (C=O) groups is 2. The lowest BCUT2D eigenvalue weighted by Gasteiger charge is -2.23. The molecule has 120 valence electrons. The fraction of sp³-hybridized carbons (Fsp3) is 0.467. The van der Waals surface area contributed by atoms with Crippen LogP contribution in [-0.4, -0.2) is 50.7 Å². The molecule has 2 rings (SSSR count). The minimum Gasteiger partial charge on any atom is -0.378 e. The lowest BCUT2D eigenvalue weighted by Crippen LogP contribution is -2.45. The molecule has 6 nitrogen and oxygen atoms in total. The minimum absolute atomic E-state index is 0.0408. The molecule has 0 spiro atoms. The summed E-state index contributed by atoms with van der Waals surface area (Å²) in [6, 6.07) is 7.19. The molecule has 1 aromatic carbocycles. The standard InChI is InChI=1S/C15H20BrN3O3/c16-12-3-1-11(2-4-12)15(21)19-6-5-18-14(20)9-13-10-22-8-7-17-13/h1-4,13,17H,5-10H2,(H,18,20)(H,19,21). The predicted molar refractivity (Wildman–Crippen MR) is 86.7 cm³/mol. The molecule has 1 aliphatic heterocycles. The average molecular weight is 370 g/mol. The highest BCUT2D eigenvalue weighted by Crippen LogP contribution is 2.10. The molecule has 3 N–H and O–H groups in total. The van der Waals surface area contributed by atoms with Crippen LogP contribution in [0.15, 0.2) is 28.7 Å². The van der Waals surface area contributed by atoms with Gasteiger partial charge in [0.25, 0.3) is 5.91 Å².